The van der Waals surface area contributed by atoms with Crippen LogP contribution in [0.15, 0.2) is 71.6 Å². The third kappa shape index (κ3) is 3.92. The van der Waals surface area contributed by atoms with E-state index in [0.717, 1.165) is 30.5 Å². The second-order valence-corrected chi connectivity index (χ2v) is 9.91. The van der Waals surface area contributed by atoms with Crippen LogP contribution in [-0.2, 0) is 21.4 Å². The number of ether oxygens (including phenoxy) is 1. The second-order valence-electron chi connectivity index (χ2n) is 8.13. The smallest absolute Gasteiger partial charge is 0.402 e. The average Bonchev–Trinajstić information content (AvgIpc) is 3.14. The number of halogens is 3. The van der Waals surface area contributed by atoms with E-state index in [1.165, 1.54) is 24.3 Å². The highest BCUT2D eigenvalue weighted by molar-refractivity contribution is 7.90. The Balaban J connectivity index is 1.70. The first-order valence-corrected chi connectivity index (χ1v) is 12.0. The summed E-state index contributed by atoms with van der Waals surface area (Å²) in [5.41, 5.74) is 0.866. The molecule has 4 aromatic rings. The Bertz CT molecular complexity index is 1520. The Labute approximate surface area is 193 Å². The van der Waals surface area contributed by atoms with E-state index >= 15 is 0 Å². The van der Waals surface area contributed by atoms with Crippen molar-refractivity contribution in [1.82, 2.24) is 8.87 Å². The summed E-state index contributed by atoms with van der Waals surface area (Å²) in [6, 6.07) is 17.6. The molecule has 34 heavy (non-hydrogen) atoms. The summed E-state index contributed by atoms with van der Waals surface area (Å²) < 4.78 is 71.6. The molecule has 0 aliphatic carbocycles. The Morgan fingerprint density at radius 3 is 2.35 bits per heavy atom. The Hall–Kier alpha value is -3.37. The molecule has 2 heterocycles. The normalized spacial score (nSPS) is 14.9. The molecule has 10 heteroatoms. The molecule has 176 valence electrons. The van der Waals surface area contributed by atoms with Crippen molar-refractivity contribution >= 4 is 37.7 Å². The molecule has 1 aromatic heterocycles. The summed E-state index contributed by atoms with van der Waals surface area (Å²) in [5, 5.41) is 1.86. The fraction of sp³-hybridized carbons (Fsp3) is 0.208. The van der Waals surface area contributed by atoms with Crippen LogP contribution < -0.4 is 4.74 Å². The van der Waals surface area contributed by atoms with Gasteiger partial charge < -0.3 is 4.74 Å². The van der Waals surface area contributed by atoms with Crippen molar-refractivity contribution in [3.8, 4) is 5.88 Å². The van der Waals surface area contributed by atoms with Crippen molar-refractivity contribution in [2.45, 2.75) is 24.0 Å². The highest BCUT2D eigenvalue weighted by Crippen LogP contribution is 2.35. The van der Waals surface area contributed by atoms with Crippen LogP contribution in [-0.4, -0.2) is 42.5 Å². The molecule has 0 unspecified atom stereocenters. The molecule has 1 aliphatic heterocycles. The summed E-state index contributed by atoms with van der Waals surface area (Å²) in [7, 11) is -4.41. The van der Waals surface area contributed by atoms with Gasteiger partial charge in [0.15, 0.2) is 0 Å². The first kappa shape index (κ1) is 22.4. The van der Waals surface area contributed by atoms with Gasteiger partial charge in [0.25, 0.3) is 10.0 Å². The van der Waals surface area contributed by atoms with Crippen LogP contribution in [0.1, 0.15) is 12.0 Å². The van der Waals surface area contributed by atoms with Gasteiger partial charge in [-0.25, -0.2) is 17.2 Å². The third-order valence-electron chi connectivity index (χ3n) is 5.89. The van der Waals surface area contributed by atoms with Gasteiger partial charge in [0, 0.05) is 18.0 Å². The van der Waals surface area contributed by atoms with Gasteiger partial charge >= 0.3 is 12.1 Å². The SMILES string of the molecule is O=C(Oc1cc2c(CN3CCC3)cccc2n1S(=O)(=O)c1ccc2ccccc2c1)C(F)(F)F. The van der Waals surface area contributed by atoms with Crippen molar-refractivity contribution in [3.05, 3.63) is 72.3 Å². The molecule has 0 bridgehead atoms. The molecule has 3 aromatic carbocycles. The number of alkyl halides is 3. The van der Waals surface area contributed by atoms with Gasteiger partial charge in [-0.05, 0) is 54.0 Å². The molecule has 0 atom stereocenters. The minimum Gasteiger partial charge on any atom is -0.402 e. The van der Waals surface area contributed by atoms with Crippen molar-refractivity contribution in [2.75, 3.05) is 13.1 Å². The Morgan fingerprint density at radius 1 is 0.941 bits per heavy atom. The van der Waals surface area contributed by atoms with Gasteiger partial charge in [0.1, 0.15) is 0 Å². The van der Waals surface area contributed by atoms with Crippen molar-refractivity contribution in [2.24, 2.45) is 0 Å². The summed E-state index contributed by atoms with van der Waals surface area (Å²) in [6.07, 6.45) is -4.24. The minimum absolute atomic E-state index is 0.135. The van der Waals surface area contributed by atoms with E-state index < -0.39 is 28.0 Å². The molecular weight excluding hydrogens is 469 g/mol. The van der Waals surface area contributed by atoms with E-state index in [1.807, 2.05) is 12.1 Å². The summed E-state index contributed by atoms with van der Waals surface area (Å²) in [5.74, 6) is -3.20. The summed E-state index contributed by atoms with van der Waals surface area (Å²) in [6.45, 7) is 2.26. The average molecular weight is 488 g/mol. The number of hydrogen-bond acceptors (Lipinski definition) is 5. The summed E-state index contributed by atoms with van der Waals surface area (Å²) >= 11 is 0. The molecule has 0 spiro atoms. The van der Waals surface area contributed by atoms with Crippen molar-refractivity contribution in [1.29, 1.82) is 0 Å². The van der Waals surface area contributed by atoms with Crippen LogP contribution in [0.5, 0.6) is 5.88 Å². The Morgan fingerprint density at radius 2 is 1.68 bits per heavy atom. The quantitative estimate of drug-likeness (QED) is 0.381. The highest BCUT2D eigenvalue weighted by Gasteiger charge is 2.42. The standard InChI is InChI=1S/C24H19F3N2O4S/c25-24(26,27)23(30)33-22-14-20-18(15-28-11-4-12-28)7-3-8-21(20)29(22)34(31,32)19-10-9-16-5-1-2-6-17(16)13-19/h1-3,5-10,13-14H,4,11-12,15H2. The molecule has 6 nitrogen and oxygen atoms in total. The zero-order chi connectivity index (χ0) is 24.1. The van der Waals surface area contributed by atoms with Gasteiger partial charge in [-0.2, -0.15) is 13.2 Å². The number of hydrogen-bond donors (Lipinski definition) is 0. The molecule has 1 saturated heterocycles. The number of benzene rings is 3. The van der Waals surface area contributed by atoms with Crippen molar-refractivity contribution < 1.29 is 31.1 Å². The molecule has 0 N–H and O–H groups in total. The number of rotatable bonds is 5. The maximum Gasteiger partial charge on any atom is 0.491 e. The minimum atomic E-state index is -5.28. The van der Waals surface area contributed by atoms with Gasteiger partial charge in [-0.15, -0.1) is 0 Å². The fourth-order valence-corrected chi connectivity index (χ4v) is 5.54. The van der Waals surface area contributed by atoms with Gasteiger partial charge in [0.05, 0.1) is 10.4 Å². The van der Waals surface area contributed by atoms with E-state index in [4.69, 9.17) is 0 Å². The lowest BCUT2D eigenvalue weighted by atomic mass is 10.1. The van der Waals surface area contributed by atoms with Crippen LogP contribution in [0.4, 0.5) is 13.2 Å². The number of nitrogens with zero attached hydrogens (tertiary/aromatic N) is 2. The molecule has 0 radical (unpaired) electrons. The number of carbonyl (C=O) groups is 1. The lowest BCUT2D eigenvalue weighted by Gasteiger charge is -2.30. The molecular formula is C24H19F3N2O4S. The van der Waals surface area contributed by atoms with Crippen LogP contribution >= 0.6 is 0 Å². The monoisotopic (exact) mass is 488 g/mol. The van der Waals surface area contributed by atoms with Crippen LogP contribution in [0, 0.1) is 0 Å². The van der Waals surface area contributed by atoms with Crippen LogP contribution in [0.25, 0.3) is 21.7 Å². The zero-order valence-electron chi connectivity index (χ0n) is 17.7. The number of esters is 1. The molecule has 1 fully saturated rings. The molecule has 5 rings (SSSR count). The van der Waals surface area contributed by atoms with E-state index in [1.54, 1.807) is 30.3 Å². The largest absolute Gasteiger partial charge is 0.491 e. The lowest BCUT2D eigenvalue weighted by molar-refractivity contribution is -0.190. The molecule has 1 aliphatic rings. The number of likely N-dealkylation sites (tertiary alicyclic amines) is 1. The second kappa shape index (κ2) is 8.14. The first-order valence-electron chi connectivity index (χ1n) is 10.5. The van der Waals surface area contributed by atoms with E-state index in [-0.39, 0.29) is 10.4 Å². The molecule has 0 saturated carbocycles. The number of carbonyl (C=O) groups excluding carboxylic acids is 1. The summed E-state index contributed by atoms with van der Waals surface area (Å²) in [4.78, 5) is 13.6. The molecule has 0 amide bonds. The Kier molecular flexibility index (Phi) is 5.37. The van der Waals surface area contributed by atoms with Crippen LogP contribution in [0.2, 0.25) is 0 Å². The zero-order valence-corrected chi connectivity index (χ0v) is 18.6. The van der Waals surface area contributed by atoms with Crippen molar-refractivity contribution in [3.63, 3.8) is 0 Å². The predicted octanol–water partition coefficient (Wildman–Crippen LogP) is 4.70. The van der Waals surface area contributed by atoms with E-state index in [9.17, 15) is 26.4 Å². The van der Waals surface area contributed by atoms with Gasteiger partial charge in [-0.1, -0.05) is 42.5 Å². The fourth-order valence-electron chi connectivity index (χ4n) is 4.07. The van der Waals surface area contributed by atoms with Gasteiger partial charge in [-0.3, -0.25) is 4.90 Å². The highest BCUT2D eigenvalue weighted by atomic mass is 32.2. The topological polar surface area (TPSA) is 68.6 Å². The van der Waals surface area contributed by atoms with Crippen LogP contribution in [0.3, 0.4) is 0 Å². The van der Waals surface area contributed by atoms with Gasteiger partial charge in [0.2, 0.25) is 5.88 Å². The van der Waals surface area contributed by atoms with E-state index in [2.05, 4.69) is 9.64 Å². The number of aromatic nitrogens is 1. The lowest BCUT2D eigenvalue weighted by Crippen LogP contribution is -2.36. The predicted molar refractivity (Wildman–Crippen MR) is 120 cm³/mol. The maximum absolute atomic E-state index is 13.7. The van der Waals surface area contributed by atoms with E-state index in [0.29, 0.717) is 21.3 Å². The third-order valence-corrected chi connectivity index (χ3v) is 7.60. The first-order chi connectivity index (χ1) is 16.1. The number of fused-ring (bicyclic) bond motifs is 2. The maximum atomic E-state index is 13.7.